The molecule has 0 aromatic heterocycles. The van der Waals surface area contributed by atoms with Crippen molar-refractivity contribution >= 4 is 5.97 Å². The lowest BCUT2D eigenvalue weighted by Gasteiger charge is -2.47. The minimum Gasteiger partial charge on any atom is -0.444 e. The predicted octanol–water partition coefficient (Wildman–Crippen LogP) is 0.335. The third kappa shape index (κ3) is 1.64. The van der Waals surface area contributed by atoms with Crippen LogP contribution < -0.4 is 5.32 Å². The van der Waals surface area contributed by atoms with Crippen molar-refractivity contribution < 1.29 is 9.53 Å². The zero-order valence-corrected chi connectivity index (χ0v) is 8.71. The van der Waals surface area contributed by atoms with Crippen molar-refractivity contribution in [2.24, 2.45) is 0 Å². The molecular weight excluding hydrogens is 180 g/mol. The second-order valence-corrected chi connectivity index (χ2v) is 4.00. The molecule has 0 atom stereocenters. The molecule has 0 aromatic rings. The zero-order valence-electron chi connectivity index (χ0n) is 8.71. The molecule has 0 radical (unpaired) electrons. The van der Waals surface area contributed by atoms with Gasteiger partial charge in [-0.1, -0.05) is 6.92 Å². The number of nitrogens with one attached hydrogen (secondary N) is 1. The summed E-state index contributed by atoms with van der Waals surface area (Å²) in [6.45, 7) is 5.85. The molecule has 1 spiro atoms. The molecule has 0 amide bonds. The zero-order chi connectivity index (χ0) is 10.0. The molecule has 0 unspecified atom stereocenters. The summed E-state index contributed by atoms with van der Waals surface area (Å²) < 4.78 is 5.57. The van der Waals surface area contributed by atoms with Crippen LogP contribution in [0.15, 0.2) is 0 Å². The summed E-state index contributed by atoms with van der Waals surface area (Å²) in [5.41, 5.74) is -0.282. The molecule has 2 rings (SSSR count). The monoisotopic (exact) mass is 198 g/mol. The van der Waals surface area contributed by atoms with Crippen molar-refractivity contribution in [2.75, 3.05) is 26.2 Å². The Morgan fingerprint density at radius 2 is 2.21 bits per heavy atom. The molecule has 2 fully saturated rings. The summed E-state index contributed by atoms with van der Waals surface area (Å²) in [5, 5.41) is 3.30. The van der Waals surface area contributed by atoms with Crippen LogP contribution in [0.3, 0.4) is 0 Å². The van der Waals surface area contributed by atoms with E-state index in [4.69, 9.17) is 4.74 Å². The molecule has 0 bridgehead atoms. The average molecular weight is 198 g/mol. The molecule has 1 N–H and O–H groups in total. The third-order valence-corrected chi connectivity index (χ3v) is 3.23. The Bertz CT molecular complexity index is 224. The molecule has 0 aromatic carbocycles. The normalized spacial score (nSPS) is 27.6. The van der Waals surface area contributed by atoms with E-state index in [1.807, 2.05) is 0 Å². The van der Waals surface area contributed by atoms with Gasteiger partial charge in [0.2, 0.25) is 0 Å². The summed E-state index contributed by atoms with van der Waals surface area (Å²) in [4.78, 5) is 13.6. The van der Waals surface area contributed by atoms with Crippen LogP contribution in [0.25, 0.3) is 0 Å². The third-order valence-electron chi connectivity index (χ3n) is 3.23. The van der Waals surface area contributed by atoms with Gasteiger partial charge in [-0.2, -0.15) is 0 Å². The quantitative estimate of drug-likeness (QED) is 0.617. The van der Waals surface area contributed by atoms with Gasteiger partial charge in [0, 0.05) is 32.5 Å². The Morgan fingerprint density at radius 3 is 2.86 bits per heavy atom. The molecule has 2 aliphatic rings. The molecule has 2 heterocycles. The lowest BCUT2D eigenvalue weighted by atomic mass is 9.97. The van der Waals surface area contributed by atoms with E-state index in [1.165, 1.54) is 0 Å². The highest BCUT2D eigenvalue weighted by Gasteiger charge is 2.43. The van der Waals surface area contributed by atoms with Gasteiger partial charge in [0.15, 0.2) is 5.72 Å². The van der Waals surface area contributed by atoms with Gasteiger partial charge in [-0.15, -0.1) is 0 Å². The summed E-state index contributed by atoms with van der Waals surface area (Å²) in [6.07, 6.45) is 2.39. The molecule has 0 saturated carbocycles. The number of piperidine rings is 1. The van der Waals surface area contributed by atoms with Gasteiger partial charge < -0.3 is 10.1 Å². The van der Waals surface area contributed by atoms with E-state index in [-0.39, 0.29) is 11.7 Å². The van der Waals surface area contributed by atoms with Crippen LogP contribution in [0.5, 0.6) is 0 Å². The Labute approximate surface area is 84.6 Å². The standard InChI is InChI=1S/C10H18N2O2/c1-2-12-8-3-9(13)14-10(12)4-6-11-7-5-10/h11H,2-8H2,1H3. The van der Waals surface area contributed by atoms with Crippen molar-refractivity contribution in [1.82, 2.24) is 10.2 Å². The number of ether oxygens (including phenoxy) is 1. The Morgan fingerprint density at radius 1 is 1.50 bits per heavy atom. The van der Waals surface area contributed by atoms with Gasteiger partial charge in [0.25, 0.3) is 0 Å². The Hall–Kier alpha value is -0.610. The second-order valence-electron chi connectivity index (χ2n) is 4.00. The number of rotatable bonds is 1. The number of hydrogen-bond acceptors (Lipinski definition) is 4. The maximum absolute atomic E-state index is 11.3. The Balaban J connectivity index is 2.13. The van der Waals surface area contributed by atoms with Gasteiger partial charge in [-0.05, 0) is 6.54 Å². The van der Waals surface area contributed by atoms with Crippen LogP contribution >= 0.6 is 0 Å². The van der Waals surface area contributed by atoms with E-state index in [2.05, 4.69) is 17.1 Å². The summed E-state index contributed by atoms with van der Waals surface area (Å²) in [5.74, 6) is -0.0309. The molecule has 2 saturated heterocycles. The van der Waals surface area contributed by atoms with Crippen LogP contribution in [0.1, 0.15) is 26.2 Å². The predicted molar refractivity (Wildman–Crippen MR) is 52.8 cm³/mol. The van der Waals surface area contributed by atoms with Crippen molar-refractivity contribution in [3.8, 4) is 0 Å². The van der Waals surface area contributed by atoms with Gasteiger partial charge in [0.1, 0.15) is 0 Å². The van der Waals surface area contributed by atoms with Crippen molar-refractivity contribution in [3.05, 3.63) is 0 Å². The first-order chi connectivity index (χ1) is 6.77. The highest BCUT2D eigenvalue weighted by molar-refractivity contribution is 5.71. The average Bonchev–Trinajstić information content (AvgIpc) is 2.19. The first-order valence-electron chi connectivity index (χ1n) is 5.44. The van der Waals surface area contributed by atoms with Crippen LogP contribution in [-0.2, 0) is 9.53 Å². The minimum atomic E-state index is -0.282. The summed E-state index contributed by atoms with van der Waals surface area (Å²) in [6, 6.07) is 0. The van der Waals surface area contributed by atoms with E-state index in [1.54, 1.807) is 0 Å². The van der Waals surface area contributed by atoms with Gasteiger partial charge in [0.05, 0.1) is 6.42 Å². The van der Waals surface area contributed by atoms with Crippen molar-refractivity contribution in [3.63, 3.8) is 0 Å². The molecule has 2 aliphatic heterocycles. The van der Waals surface area contributed by atoms with E-state index in [9.17, 15) is 4.79 Å². The van der Waals surface area contributed by atoms with Gasteiger partial charge in [-0.25, -0.2) is 0 Å². The van der Waals surface area contributed by atoms with E-state index in [0.29, 0.717) is 6.42 Å². The van der Waals surface area contributed by atoms with Crippen molar-refractivity contribution in [1.29, 1.82) is 0 Å². The van der Waals surface area contributed by atoms with E-state index >= 15 is 0 Å². The maximum Gasteiger partial charge on any atom is 0.308 e. The highest BCUT2D eigenvalue weighted by atomic mass is 16.6. The number of esters is 1. The molecule has 14 heavy (non-hydrogen) atoms. The smallest absolute Gasteiger partial charge is 0.308 e. The van der Waals surface area contributed by atoms with Crippen molar-refractivity contribution in [2.45, 2.75) is 31.9 Å². The minimum absolute atomic E-state index is 0.0309. The summed E-state index contributed by atoms with van der Waals surface area (Å²) in [7, 11) is 0. The fraction of sp³-hybridized carbons (Fsp3) is 0.900. The number of hydrogen-bond donors (Lipinski definition) is 1. The number of nitrogens with zero attached hydrogens (tertiary/aromatic N) is 1. The molecule has 4 heteroatoms. The molecule has 4 nitrogen and oxygen atoms in total. The largest absolute Gasteiger partial charge is 0.444 e. The SMILES string of the molecule is CCN1CCC(=O)OC12CCNCC2. The first-order valence-corrected chi connectivity index (χ1v) is 5.44. The van der Waals surface area contributed by atoms with Crippen LogP contribution in [-0.4, -0.2) is 42.8 Å². The highest BCUT2D eigenvalue weighted by Crippen LogP contribution is 2.31. The lowest BCUT2D eigenvalue weighted by Crippen LogP contribution is -2.60. The fourth-order valence-electron chi connectivity index (χ4n) is 2.44. The fourth-order valence-corrected chi connectivity index (χ4v) is 2.44. The maximum atomic E-state index is 11.3. The Kier molecular flexibility index (Phi) is 2.74. The van der Waals surface area contributed by atoms with Gasteiger partial charge in [-0.3, -0.25) is 9.69 Å². The molecule has 0 aliphatic carbocycles. The van der Waals surface area contributed by atoms with Crippen LogP contribution in [0.2, 0.25) is 0 Å². The molecule has 80 valence electrons. The van der Waals surface area contributed by atoms with Crippen LogP contribution in [0, 0.1) is 0 Å². The van der Waals surface area contributed by atoms with E-state index in [0.717, 1.165) is 39.0 Å². The topological polar surface area (TPSA) is 41.6 Å². The van der Waals surface area contributed by atoms with E-state index < -0.39 is 0 Å². The summed E-state index contributed by atoms with van der Waals surface area (Å²) >= 11 is 0. The number of carbonyl (C=O) groups excluding carboxylic acids is 1. The number of carbonyl (C=O) groups is 1. The lowest BCUT2D eigenvalue weighted by molar-refractivity contribution is -0.207. The second kappa shape index (κ2) is 3.87. The van der Waals surface area contributed by atoms with Gasteiger partial charge >= 0.3 is 5.97 Å². The van der Waals surface area contributed by atoms with Crippen LogP contribution in [0.4, 0.5) is 0 Å². The first kappa shape index (κ1) is 9.93. The molecular formula is C10H18N2O2.